The summed E-state index contributed by atoms with van der Waals surface area (Å²) in [6, 6.07) is 10.7. The molecule has 1 aromatic carbocycles. The molecule has 0 radical (unpaired) electrons. The summed E-state index contributed by atoms with van der Waals surface area (Å²) < 4.78 is 27.0. The molecule has 1 atom stereocenters. The summed E-state index contributed by atoms with van der Waals surface area (Å²) in [6.07, 6.45) is 1.16. The predicted octanol–water partition coefficient (Wildman–Crippen LogP) is 2.71. The van der Waals surface area contributed by atoms with Crippen LogP contribution in [0, 0.1) is 0 Å². The van der Waals surface area contributed by atoms with Crippen LogP contribution >= 0.6 is 11.5 Å². The molecule has 2 rings (SSSR count). The van der Waals surface area contributed by atoms with Gasteiger partial charge in [-0.1, -0.05) is 30.3 Å². The Bertz CT molecular complexity index is 772. The molecule has 0 aliphatic rings. The molecule has 1 N–H and O–H groups in total. The molecule has 0 bridgehead atoms. The number of amides is 2. The van der Waals surface area contributed by atoms with E-state index in [0.717, 1.165) is 17.5 Å². The molecule has 0 spiro atoms. The highest BCUT2D eigenvalue weighted by molar-refractivity contribution is 7.90. The number of hydrogen-bond acceptors (Lipinski definition) is 5. The van der Waals surface area contributed by atoms with Gasteiger partial charge >= 0.3 is 6.03 Å². The zero-order valence-corrected chi connectivity index (χ0v) is 14.8. The van der Waals surface area contributed by atoms with Gasteiger partial charge in [-0.15, -0.1) is 0 Å². The van der Waals surface area contributed by atoms with Crippen molar-refractivity contribution in [3.63, 3.8) is 0 Å². The van der Waals surface area contributed by atoms with Crippen LogP contribution in [0.3, 0.4) is 0 Å². The Labute approximate surface area is 140 Å². The first-order valence-electron chi connectivity index (χ1n) is 7.00. The van der Waals surface area contributed by atoms with Crippen LogP contribution < -0.4 is 5.32 Å². The van der Waals surface area contributed by atoms with E-state index in [1.807, 2.05) is 30.3 Å². The second kappa shape index (κ2) is 7.10. The second-order valence-electron chi connectivity index (χ2n) is 5.42. The Balaban J connectivity index is 2.02. The van der Waals surface area contributed by atoms with Gasteiger partial charge in [0.2, 0.25) is 0 Å². The van der Waals surface area contributed by atoms with E-state index in [1.165, 1.54) is 16.4 Å². The number of sulfone groups is 1. The molecule has 2 aromatic rings. The van der Waals surface area contributed by atoms with Crippen LogP contribution in [-0.2, 0) is 9.84 Å². The number of benzene rings is 1. The molecule has 1 heterocycles. The Morgan fingerprint density at radius 2 is 2.00 bits per heavy atom. The summed E-state index contributed by atoms with van der Waals surface area (Å²) in [6.45, 7) is 1.70. The molecule has 1 unspecified atom stereocenters. The number of nitrogens with one attached hydrogen (secondary N) is 1. The molecule has 0 fully saturated rings. The minimum atomic E-state index is -3.14. The fourth-order valence-electron chi connectivity index (χ4n) is 2.02. The van der Waals surface area contributed by atoms with E-state index in [4.69, 9.17) is 0 Å². The largest absolute Gasteiger partial charge is 0.324 e. The predicted molar refractivity (Wildman–Crippen MR) is 93.5 cm³/mol. The summed E-state index contributed by atoms with van der Waals surface area (Å²) in [7, 11) is -1.56. The molecule has 2 amide bonds. The lowest BCUT2D eigenvalue weighted by Gasteiger charge is -2.24. The molecular formula is C15H19N3O3S2. The molecule has 0 aliphatic carbocycles. The van der Waals surface area contributed by atoms with Crippen LogP contribution in [0.25, 0.3) is 11.3 Å². The van der Waals surface area contributed by atoms with E-state index in [0.29, 0.717) is 5.00 Å². The summed E-state index contributed by atoms with van der Waals surface area (Å²) in [5.41, 5.74) is 1.76. The summed E-state index contributed by atoms with van der Waals surface area (Å²) in [5, 5.41) is 3.36. The van der Waals surface area contributed by atoms with Crippen LogP contribution in [0.1, 0.15) is 6.92 Å². The van der Waals surface area contributed by atoms with Crippen molar-refractivity contribution in [3.8, 4) is 11.3 Å². The van der Waals surface area contributed by atoms with Gasteiger partial charge in [0.15, 0.2) is 0 Å². The number of aromatic nitrogens is 1. The third-order valence-corrected chi connectivity index (χ3v) is 5.13. The average molecular weight is 353 g/mol. The maximum Gasteiger partial charge on any atom is 0.322 e. The fourth-order valence-corrected chi connectivity index (χ4v) is 3.77. The number of anilines is 1. The number of urea groups is 1. The number of carbonyl (C=O) groups is 1. The highest BCUT2D eigenvalue weighted by Crippen LogP contribution is 2.25. The van der Waals surface area contributed by atoms with Crippen LogP contribution in [0.15, 0.2) is 36.4 Å². The standard InChI is InChI=1S/C15H19N3O3S2/c1-11(10-23(3,20)21)18(2)15(19)16-14-9-13(17-22-14)12-7-5-4-6-8-12/h4-9,11H,10H2,1-3H3,(H,16,19). The Morgan fingerprint density at radius 1 is 1.35 bits per heavy atom. The topological polar surface area (TPSA) is 79.4 Å². The number of carbonyl (C=O) groups excluding carboxylic acids is 1. The smallest absolute Gasteiger partial charge is 0.322 e. The van der Waals surface area contributed by atoms with Crippen molar-refractivity contribution in [1.82, 2.24) is 9.27 Å². The molecule has 1 aromatic heterocycles. The Hall–Kier alpha value is -1.93. The van der Waals surface area contributed by atoms with E-state index >= 15 is 0 Å². The minimum Gasteiger partial charge on any atom is -0.324 e. The molecule has 0 saturated heterocycles. The van der Waals surface area contributed by atoms with Crippen molar-refractivity contribution in [2.24, 2.45) is 0 Å². The lowest BCUT2D eigenvalue weighted by molar-refractivity contribution is 0.212. The van der Waals surface area contributed by atoms with Gasteiger partial charge in [0.25, 0.3) is 0 Å². The maximum atomic E-state index is 12.2. The summed E-state index contributed by atoms with van der Waals surface area (Å²) in [4.78, 5) is 13.6. The molecule has 8 heteroatoms. The van der Waals surface area contributed by atoms with Gasteiger partial charge in [-0.05, 0) is 18.5 Å². The van der Waals surface area contributed by atoms with Crippen LogP contribution in [-0.4, -0.2) is 48.8 Å². The summed E-state index contributed by atoms with van der Waals surface area (Å²) in [5.74, 6) is -0.0745. The third kappa shape index (κ3) is 5.04. The van der Waals surface area contributed by atoms with Crippen LogP contribution in [0.4, 0.5) is 9.80 Å². The second-order valence-corrected chi connectivity index (χ2v) is 8.41. The maximum absolute atomic E-state index is 12.2. The lowest BCUT2D eigenvalue weighted by atomic mass is 10.2. The summed E-state index contributed by atoms with van der Waals surface area (Å²) >= 11 is 1.19. The molecule has 124 valence electrons. The fraction of sp³-hybridized carbons (Fsp3) is 0.333. The van der Waals surface area contributed by atoms with E-state index in [-0.39, 0.29) is 11.8 Å². The van der Waals surface area contributed by atoms with E-state index in [2.05, 4.69) is 9.69 Å². The number of nitrogens with zero attached hydrogens (tertiary/aromatic N) is 2. The van der Waals surface area contributed by atoms with Gasteiger partial charge in [0.05, 0.1) is 11.4 Å². The Kier molecular flexibility index (Phi) is 5.38. The van der Waals surface area contributed by atoms with Gasteiger partial charge in [-0.25, -0.2) is 13.2 Å². The van der Waals surface area contributed by atoms with Gasteiger partial charge in [0.1, 0.15) is 14.8 Å². The normalized spacial score (nSPS) is 12.7. The Morgan fingerprint density at radius 3 is 2.61 bits per heavy atom. The van der Waals surface area contributed by atoms with Crippen molar-refractivity contribution in [2.75, 3.05) is 24.4 Å². The van der Waals surface area contributed by atoms with Crippen LogP contribution in [0.5, 0.6) is 0 Å². The van der Waals surface area contributed by atoms with Gasteiger partial charge in [-0.2, -0.15) is 4.37 Å². The number of rotatable bonds is 5. The van der Waals surface area contributed by atoms with E-state index in [1.54, 1.807) is 20.0 Å². The van der Waals surface area contributed by atoms with Crippen LogP contribution in [0.2, 0.25) is 0 Å². The average Bonchev–Trinajstić information content (AvgIpc) is 2.94. The lowest BCUT2D eigenvalue weighted by Crippen LogP contribution is -2.41. The first-order chi connectivity index (χ1) is 10.8. The molecule has 23 heavy (non-hydrogen) atoms. The van der Waals surface area contributed by atoms with E-state index < -0.39 is 15.9 Å². The molecule has 6 nitrogen and oxygen atoms in total. The van der Waals surface area contributed by atoms with Crippen molar-refractivity contribution < 1.29 is 13.2 Å². The number of hydrogen-bond donors (Lipinski definition) is 1. The molecular weight excluding hydrogens is 334 g/mol. The first kappa shape index (κ1) is 17.4. The minimum absolute atomic E-state index is 0.0745. The molecule has 0 saturated carbocycles. The third-order valence-electron chi connectivity index (χ3n) is 3.34. The zero-order chi connectivity index (χ0) is 17.0. The SMILES string of the molecule is CC(CS(C)(=O)=O)N(C)C(=O)Nc1cc(-c2ccccc2)ns1. The highest BCUT2D eigenvalue weighted by atomic mass is 32.2. The highest BCUT2D eigenvalue weighted by Gasteiger charge is 2.20. The first-order valence-corrected chi connectivity index (χ1v) is 9.83. The van der Waals surface area contributed by atoms with E-state index in [9.17, 15) is 13.2 Å². The van der Waals surface area contributed by atoms with Gasteiger partial charge in [0, 0.05) is 31.0 Å². The van der Waals surface area contributed by atoms with Crippen molar-refractivity contribution in [2.45, 2.75) is 13.0 Å². The monoisotopic (exact) mass is 353 g/mol. The van der Waals surface area contributed by atoms with Gasteiger partial charge < -0.3 is 4.90 Å². The van der Waals surface area contributed by atoms with Crippen molar-refractivity contribution >= 4 is 32.4 Å². The quantitative estimate of drug-likeness (QED) is 0.896. The van der Waals surface area contributed by atoms with Crippen molar-refractivity contribution in [3.05, 3.63) is 36.4 Å². The van der Waals surface area contributed by atoms with Crippen molar-refractivity contribution in [1.29, 1.82) is 0 Å². The molecule has 0 aliphatic heterocycles. The zero-order valence-electron chi connectivity index (χ0n) is 13.2. The van der Waals surface area contributed by atoms with Gasteiger partial charge in [-0.3, -0.25) is 5.32 Å².